The molecular formula is C24H25N4O2+. The largest absolute Gasteiger partial charge is 0.328 e. The zero-order valence-electron chi connectivity index (χ0n) is 16.8. The third kappa shape index (κ3) is 4.72. The fourth-order valence-corrected chi connectivity index (χ4v) is 3.89. The summed E-state index contributed by atoms with van der Waals surface area (Å²) < 4.78 is 0. The predicted molar refractivity (Wildman–Crippen MR) is 121 cm³/mol. The summed E-state index contributed by atoms with van der Waals surface area (Å²) in [6.07, 6.45) is 5.20. The van der Waals surface area contributed by atoms with Gasteiger partial charge in [-0.15, -0.1) is 0 Å². The van der Waals surface area contributed by atoms with Gasteiger partial charge in [0.05, 0.1) is 36.7 Å². The molecule has 6 heteroatoms. The Balaban J connectivity index is 1.31. The van der Waals surface area contributed by atoms with Crippen molar-refractivity contribution < 1.29 is 9.82 Å². The van der Waals surface area contributed by atoms with E-state index in [1.807, 2.05) is 0 Å². The second-order valence-corrected chi connectivity index (χ2v) is 7.46. The normalized spacial score (nSPS) is 15.4. The third-order valence-corrected chi connectivity index (χ3v) is 5.49. The summed E-state index contributed by atoms with van der Waals surface area (Å²) in [5.74, 6) is 0. The van der Waals surface area contributed by atoms with Crippen LogP contribution in [0.25, 0.3) is 16.8 Å². The molecule has 6 nitrogen and oxygen atoms in total. The lowest BCUT2D eigenvalue weighted by Crippen LogP contribution is -3.13. The van der Waals surface area contributed by atoms with E-state index in [-0.39, 0.29) is 10.6 Å². The molecule has 1 heterocycles. The van der Waals surface area contributed by atoms with Gasteiger partial charge in [-0.05, 0) is 29.0 Å². The number of nitrogens with zero attached hydrogens (tertiary/aromatic N) is 3. The van der Waals surface area contributed by atoms with Crippen LogP contribution in [0.15, 0.2) is 77.9 Å². The highest BCUT2D eigenvalue weighted by Crippen LogP contribution is 2.19. The number of fused-ring (bicyclic) bond motifs is 1. The highest BCUT2D eigenvalue weighted by molar-refractivity contribution is 5.85. The van der Waals surface area contributed by atoms with Gasteiger partial charge < -0.3 is 4.90 Å². The minimum atomic E-state index is -0.366. The van der Waals surface area contributed by atoms with Crippen molar-refractivity contribution >= 4 is 28.8 Å². The molecular weight excluding hydrogens is 376 g/mol. The third-order valence-electron chi connectivity index (χ3n) is 5.49. The van der Waals surface area contributed by atoms with E-state index in [0.29, 0.717) is 5.56 Å². The molecule has 0 aromatic heterocycles. The van der Waals surface area contributed by atoms with Crippen LogP contribution in [0.3, 0.4) is 0 Å². The van der Waals surface area contributed by atoms with Gasteiger partial charge in [-0.1, -0.05) is 54.6 Å². The lowest BCUT2D eigenvalue weighted by Gasteiger charge is -2.30. The molecule has 0 amide bonds. The SMILES string of the molecule is O=[N+]([O-])c1ccccc1/C=C/C=N\N1CC[NH+](Cc2cccc3ccccc23)CC1. The molecule has 1 saturated heterocycles. The maximum absolute atomic E-state index is 11.1. The summed E-state index contributed by atoms with van der Waals surface area (Å²) >= 11 is 0. The molecule has 0 radical (unpaired) electrons. The van der Waals surface area contributed by atoms with E-state index in [4.69, 9.17) is 0 Å². The Hall–Kier alpha value is -3.51. The van der Waals surface area contributed by atoms with Gasteiger partial charge in [-0.3, -0.25) is 15.1 Å². The number of quaternary nitrogens is 1. The minimum absolute atomic E-state index is 0.104. The quantitative estimate of drug-likeness (QED) is 0.392. The van der Waals surface area contributed by atoms with E-state index in [2.05, 4.69) is 52.6 Å². The van der Waals surface area contributed by atoms with E-state index in [1.165, 1.54) is 22.4 Å². The molecule has 3 aromatic carbocycles. The molecule has 1 fully saturated rings. The lowest BCUT2D eigenvalue weighted by molar-refractivity contribution is -0.918. The first-order chi connectivity index (χ1) is 14.7. The standard InChI is InChI=1S/C24H24N4O2/c29-28(30)24-13-4-2-8-21(24)11-6-14-25-27-17-15-26(16-18-27)19-22-10-5-9-20-7-1-3-12-23(20)22/h1-14H,15-19H2/p+1/b11-6+,25-14-. The molecule has 3 aromatic rings. The number of rotatable bonds is 6. The van der Waals surface area contributed by atoms with E-state index >= 15 is 0 Å². The smallest absolute Gasteiger partial charge is 0.276 e. The first-order valence-electron chi connectivity index (χ1n) is 10.2. The number of nitro benzene ring substituents is 1. The van der Waals surface area contributed by atoms with Gasteiger partial charge >= 0.3 is 0 Å². The number of piperazine rings is 1. The van der Waals surface area contributed by atoms with Crippen LogP contribution in [0.4, 0.5) is 5.69 Å². The number of allylic oxidation sites excluding steroid dienone is 1. The van der Waals surface area contributed by atoms with Crippen molar-refractivity contribution in [1.29, 1.82) is 0 Å². The van der Waals surface area contributed by atoms with Crippen molar-refractivity contribution in [1.82, 2.24) is 5.01 Å². The average Bonchev–Trinajstić information content (AvgIpc) is 2.78. The van der Waals surface area contributed by atoms with Crippen molar-refractivity contribution in [3.8, 4) is 0 Å². The Bertz CT molecular complexity index is 1080. The van der Waals surface area contributed by atoms with E-state index in [9.17, 15) is 10.1 Å². The molecule has 0 atom stereocenters. The Kier molecular flexibility index (Phi) is 6.15. The molecule has 0 unspecified atom stereocenters. The molecule has 0 saturated carbocycles. The van der Waals surface area contributed by atoms with Gasteiger partial charge in [0, 0.05) is 17.8 Å². The van der Waals surface area contributed by atoms with E-state index in [1.54, 1.807) is 41.5 Å². The van der Waals surface area contributed by atoms with Crippen LogP contribution in [0.5, 0.6) is 0 Å². The number of nitrogens with one attached hydrogen (secondary N) is 1. The summed E-state index contributed by atoms with van der Waals surface area (Å²) in [4.78, 5) is 12.3. The van der Waals surface area contributed by atoms with Crippen molar-refractivity contribution in [2.75, 3.05) is 26.2 Å². The van der Waals surface area contributed by atoms with Crippen LogP contribution in [-0.2, 0) is 6.54 Å². The highest BCUT2D eigenvalue weighted by atomic mass is 16.6. The van der Waals surface area contributed by atoms with E-state index in [0.717, 1.165) is 32.7 Å². The second kappa shape index (κ2) is 9.33. The molecule has 1 N–H and O–H groups in total. The van der Waals surface area contributed by atoms with Crippen LogP contribution in [-0.4, -0.2) is 42.3 Å². The average molecular weight is 401 g/mol. The fourth-order valence-electron chi connectivity index (χ4n) is 3.89. The van der Waals surface area contributed by atoms with Crippen LogP contribution >= 0.6 is 0 Å². The first-order valence-corrected chi connectivity index (χ1v) is 10.2. The van der Waals surface area contributed by atoms with Gasteiger partial charge in [-0.2, -0.15) is 5.10 Å². The number of benzene rings is 3. The number of hydrogen-bond acceptors (Lipinski definition) is 4. The van der Waals surface area contributed by atoms with Gasteiger partial charge in [0.15, 0.2) is 0 Å². The summed E-state index contributed by atoms with van der Waals surface area (Å²) in [6.45, 7) is 4.89. The number of hydrazone groups is 1. The number of para-hydroxylation sites is 1. The van der Waals surface area contributed by atoms with Gasteiger partial charge in [0.2, 0.25) is 0 Å². The molecule has 0 bridgehead atoms. The maximum Gasteiger partial charge on any atom is 0.276 e. The topological polar surface area (TPSA) is 63.2 Å². The molecule has 1 aliphatic heterocycles. The van der Waals surface area contributed by atoms with E-state index < -0.39 is 0 Å². The van der Waals surface area contributed by atoms with Gasteiger partial charge in [-0.25, -0.2) is 0 Å². The minimum Gasteiger partial charge on any atom is -0.328 e. The Morgan fingerprint density at radius 1 is 1.00 bits per heavy atom. The monoisotopic (exact) mass is 401 g/mol. The van der Waals surface area contributed by atoms with Crippen LogP contribution in [0, 0.1) is 10.1 Å². The Labute approximate surface area is 175 Å². The maximum atomic E-state index is 11.1. The molecule has 30 heavy (non-hydrogen) atoms. The summed E-state index contributed by atoms with van der Waals surface area (Å²) in [6, 6.07) is 21.8. The summed E-state index contributed by atoms with van der Waals surface area (Å²) in [7, 11) is 0. The highest BCUT2D eigenvalue weighted by Gasteiger charge is 2.19. The van der Waals surface area contributed by atoms with Crippen molar-refractivity contribution in [3.05, 3.63) is 94.0 Å². The van der Waals surface area contributed by atoms with Gasteiger partial charge in [0.25, 0.3) is 5.69 Å². The second-order valence-electron chi connectivity index (χ2n) is 7.46. The molecule has 0 aliphatic carbocycles. The molecule has 152 valence electrons. The van der Waals surface area contributed by atoms with Gasteiger partial charge in [0.1, 0.15) is 6.54 Å². The van der Waals surface area contributed by atoms with Crippen molar-refractivity contribution in [2.45, 2.75) is 6.54 Å². The molecule has 1 aliphatic rings. The first kappa shape index (κ1) is 19.8. The Morgan fingerprint density at radius 3 is 2.57 bits per heavy atom. The molecule has 4 rings (SSSR count). The predicted octanol–water partition coefficient (Wildman–Crippen LogP) is 3.15. The fraction of sp³-hybridized carbons (Fsp3) is 0.208. The number of nitro groups is 1. The number of hydrogen-bond donors (Lipinski definition) is 1. The zero-order valence-corrected chi connectivity index (χ0v) is 16.8. The lowest BCUT2D eigenvalue weighted by atomic mass is 10.0. The van der Waals surface area contributed by atoms with Crippen molar-refractivity contribution in [3.63, 3.8) is 0 Å². The van der Waals surface area contributed by atoms with Crippen LogP contribution in [0.2, 0.25) is 0 Å². The molecule has 0 spiro atoms. The van der Waals surface area contributed by atoms with Crippen LogP contribution in [0.1, 0.15) is 11.1 Å². The van der Waals surface area contributed by atoms with Crippen LogP contribution < -0.4 is 4.90 Å². The zero-order chi connectivity index (χ0) is 20.8. The summed E-state index contributed by atoms with van der Waals surface area (Å²) in [5, 5.41) is 20.3. The van der Waals surface area contributed by atoms with Crippen molar-refractivity contribution in [2.24, 2.45) is 5.10 Å². The Morgan fingerprint density at radius 2 is 1.73 bits per heavy atom. The summed E-state index contributed by atoms with van der Waals surface area (Å²) in [5.41, 5.74) is 2.08.